The Balaban J connectivity index is 2.02. The van der Waals surface area contributed by atoms with Crippen LogP contribution in [0, 0.1) is 0 Å². The van der Waals surface area contributed by atoms with Gasteiger partial charge in [-0.15, -0.1) is 0 Å². The minimum Gasteiger partial charge on any atom is -0.397 e. The number of pyridine rings is 1. The Morgan fingerprint density at radius 3 is 3.00 bits per heavy atom. The summed E-state index contributed by atoms with van der Waals surface area (Å²) in [6, 6.07) is 1.54. The number of carbonyl (C=O) groups is 1. The number of amides is 1. The van der Waals surface area contributed by atoms with E-state index in [0.29, 0.717) is 17.8 Å². The quantitative estimate of drug-likeness (QED) is 0.822. The standard InChI is InChI=1S/C11H14ClN3OS/c1-17-11(2-3-11)6-15-10(16)8-4-7(13)5-14-9(8)12/h4-5H,2-3,6,13H2,1H3,(H,15,16). The van der Waals surface area contributed by atoms with Crippen molar-refractivity contribution < 1.29 is 4.79 Å². The molecular formula is C11H14ClN3OS. The highest BCUT2D eigenvalue weighted by atomic mass is 35.5. The number of thioether (sulfide) groups is 1. The van der Waals surface area contributed by atoms with E-state index in [-0.39, 0.29) is 15.8 Å². The number of hydrogen-bond donors (Lipinski definition) is 2. The third kappa shape index (κ3) is 2.84. The van der Waals surface area contributed by atoms with E-state index in [1.54, 1.807) is 17.8 Å². The van der Waals surface area contributed by atoms with Crippen molar-refractivity contribution in [2.45, 2.75) is 17.6 Å². The van der Waals surface area contributed by atoms with Crippen LogP contribution in [-0.4, -0.2) is 28.4 Å². The molecule has 0 spiro atoms. The molecule has 0 radical (unpaired) electrons. The number of anilines is 1. The maximum absolute atomic E-state index is 11.9. The van der Waals surface area contributed by atoms with Crippen LogP contribution in [0.15, 0.2) is 12.3 Å². The number of nitrogens with zero attached hydrogens (tertiary/aromatic N) is 1. The first-order valence-electron chi connectivity index (χ1n) is 5.31. The van der Waals surface area contributed by atoms with Crippen molar-refractivity contribution in [1.82, 2.24) is 10.3 Å². The molecule has 1 aliphatic rings. The minimum absolute atomic E-state index is 0.186. The summed E-state index contributed by atoms with van der Waals surface area (Å²) in [7, 11) is 0. The predicted molar refractivity (Wildman–Crippen MR) is 71.5 cm³/mol. The molecule has 4 nitrogen and oxygen atoms in total. The van der Waals surface area contributed by atoms with E-state index in [2.05, 4.69) is 16.6 Å². The van der Waals surface area contributed by atoms with Crippen molar-refractivity contribution >= 4 is 35.0 Å². The SMILES string of the molecule is CSC1(CNC(=O)c2cc(N)cnc2Cl)CC1. The summed E-state index contributed by atoms with van der Waals surface area (Å²) < 4.78 is 0.232. The molecule has 0 saturated heterocycles. The fourth-order valence-corrected chi connectivity index (χ4v) is 2.47. The summed E-state index contributed by atoms with van der Waals surface area (Å²) in [6.07, 6.45) is 5.80. The second kappa shape index (κ2) is 4.74. The topological polar surface area (TPSA) is 68.0 Å². The van der Waals surface area contributed by atoms with E-state index in [1.807, 2.05) is 0 Å². The first kappa shape index (κ1) is 12.5. The number of aromatic nitrogens is 1. The average Bonchev–Trinajstić information content (AvgIpc) is 3.10. The highest BCUT2D eigenvalue weighted by molar-refractivity contribution is 8.00. The molecule has 1 fully saturated rings. The van der Waals surface area contributed by atoms with Gasteiger partial charge in [-0.2, -0.15) is 11.8 Å². The summed E-state index contributed by atoms with van der Waals surface area (Å²) in [5, 5.41) is 3.07. The monoisotopic (exact) mass is 271 g/mol. The van der Waals surface area contributed by atoms with Crippen molar-refractivity contribution in [3.8, 4) is 0 Å². The third-order valence-corrected chi connectivity index (χ3v) is 4.64. The number of nitrogen functional groups attached to an aromatic ring is 1. The Hall–Kier alpha value is -0.940. The molecule has 1 saturated carbocycles. The molecule has 17 heavy (non-hydrogen) atoms. The lowest BCUT2D eigenvalue weighted by Gasteiger charge is -2.13. The van der Waals surface area contributed by atoms with Crippen LogP contribution in [0.2, 0.25) is 5.15 Å². The molecule has 0 bridgehead atoms. The second-order valence-corrected chi connectivity index (χ2v) is 5.81. The van der Waals surface area contributed by atoms with E-state index >= 15 is 0 Å². The van der Waals surface area contributed by atoms with Gasteiger partial charge in [0.25, 0.3) is 5.91 Å². The molecule has 1 amide bonds. The zero-order valence-electron chi connectivity index (χ0n) is 9.50. The van der Waals surface area contributed by atoms with Crippen molar-refractivity contribution in [2.75, 3.05) is 18.5 Å². The van der Waals surface area contributed by atoms with Crippen LogP contribution in [0.25, 0.3) is 0 Å². The van der Waals surface area contributed by atoms with E-state index in [1.165, 1.54) is 6.20 Å². The second-order valence-electron chi connectivity index (χ2n) is 4.18. The fourth-order valence-electron chi connectivity index (χ4n) is 1.55. The van der Waals surface area contributed by atoms with Gasteiger partial charge in [-0.3, -0.25) is 4.79 Å². The van der Waals surface area contributed by atoms with Crippen LogP contribution in [-0.2, 0) is 0 Å². The van der Waals surface area contributed by atoms with Gasteiger partial charge in [-0.25, -0.2) is 4.98 Å². The molecule has 6 heteroatoms. The number of hydrogen-bond acceptors (Lipinski definition) is 4. The zero-order valence-corrected chi connectivity index (χ0v) is 11.1. The van der Waals surface area contributed by atoms with E-state index in [9.17, 15) is 4.79 Å². The molecule has 0 aliphatic heterocycles. The normalized spacial score (nSPS) is 16.6. The molecule has 3 N–H and O–H groups in total. The Morgan fingerprint density at radius 1 is 1.71 bits per heavy atom. The van der Waals surface area contributed by atoms with Crippen molar-refractivity contribution in [2.24, 2.45) is 0 Å². The van der Waals surface area contributed by atoms with E-state index in [4.69, 9.17) is 17.3 Å². The van der Waals surface area contributed by atoms with Gasteiger partial charge in [0.2, 0.25) is 0 Å². The van der Waals surface area contributed by atoms with Crippen LogP contribution >= 0.6 is 23.4 Å². The van der Waals surface area contributed by atoms with Crippen LogP contribution in [0.1, 0.15) is 23.2 Å². The predicted octanol–water partition coefficient (Wildman–Crippen LogP) is 1.94. The molecule has 0 unspecified atom stereocenters. The van der Waals surface area contributed by atoms with Gasteiger partial charge < -0.3 is 11.1 Å². The van der Waals surface area contributed by atoms with Crippen LogP contribution < -0.4 is 11.1 Å². The summed E-state index contributed by atoms with van der Waals surface area (Å²) in [5.74, 6) is -0.213. The number of nitrogens with one attached hydrogen (secondary N) is 1. The maximum Gasteiger partial charge on any atom is 0.254 e. The molecule has 2 rings (SSSR count). The Kier molecular flexibility index (Phi) is 3.49. The Labute approximate surface area is 109 Å². The fraction of sp³-hybridized carbons (Fsp3) is 0.455. The molecular weight excluding hydrogens is 258 g/mol. The maximum atomic E-state index is 11.9. The number of carbonyl (C=O) groups excluding carboxylic acids is 1. The molecule has 1 aromatic rings. The largest absolute Gasteiger partial charge is 0.397 e. The average molecular weight is 272 g/mol. The lowest BCUT2D eigenvalue weighted by Crippen LogP contribution is -2.32. The summed E-state index contributed by atoms with van der Waals surface area (Å²) >= 11 is 7.65. The highest BCUT2D eigenvalue weighted by Gasteiger charge is 2.42. The zero-order chi connectivity index (χ0) is 12.5. The first-order valence-corrected chi connectivity index (χ1v) is 6.91. The Morgan fingerprint density at radius 2 is 2.41 bits per heavy atom. The van der Waals surface area contributed by atoms with Crippen molar-refractivity contribution in [3.05, 3.63) is 23.0 Å². The van der Waals surface area contributed by atoms with Crippen LogP contribution in [0.3, 0.4) is 0 Å². The van der Waals surface area contributed by atoms with E-state index < -0.39 is 0 Å². The van der Waals surface area contributed by atoms with Gasteiger partial charge in [0.15, 0.2) is 0 Å². The van der Waals surface area contributed by atoms with Gasteiger partial charge >= 0.3 is 0 Å². The van der Waals surface area contributed by atoms with Gasteiger partial charge in [-0.05, 0) is 25.2 Å². The minimum atomic E-state index is -0.213. The highest BCUT2D eigenvalue weighted by Crippen LogP contribution is 2.46. The number of halogens is 1. The van der Waals surface area contributed by atoms with Crippen molar-refractivity contribution in [3.63, 3.8) is 0 Å². The smallest absolute Gasteiger partial charge is 0.254 e. The summed E-state index contributed by atoms with van der Waals surface area (Å²) in [4.78, 5) is 15.8. The summed E-state index contributed by atoms with van der Waals surface area (Å²) in [6.45, 7) is 0.665. The van der Waals surface area contributed by atoms with Gasteiger partial charge in [0.1, 0.15) is 5.15 Å². The van der Waals surface area contributed by atoms with E-state index in [0.717, 1.165) is 12.8 Å². The van der Waals surface area contributed by atoms with Crippen LogP contribution in [0.5, 0.6) is 0 Å². The molecule has 1 aromatic heterocycles. The van der Waals surface area contributed by atoms with Gasteiger partial charge in [0.05, 0.1) is 17.4 Å². The van der Waals surface area contributed by atoms with Crippen LogP contribution in [0.4, 0.5) is 5.69 Å². The molecule has 1 aliphatic carbocycles. The molecule has 0 atom stereocenters. The first-order chi connectivity index (χ1) is 8.06. The van der Waals surface area contributed by atoms with Gasteiger partial charge in [-0.1, -0.05) is 11.6 Å². The van der Waals surface area contributed by atoms with Crippen molar-refractivity contribution in [1.29, 1.82) is 0 Å². The van der Waals surface area contributed by atoms with Gasteiger partial charge in [0, 0.05) is 11.3 Å². The number of rotatable bonds is 4. The third-order valence-electron chi connectivity index (χ3n) is 2.92. The molecule has 1 heterocycles. The molecule has 92 valence electrons. The number of nitrogens with two attached hydrogens (primary N) is 1. The Bertz CT molecular complexity index is 448. The molecule has 0 aromatic carbocycles. The summed E-state index contributed by atoms with van der Waals surface area (Å²) in [5.41, 5.74) is 6.35. The lowest BCUT2D eigenvalue weighted by molar-refractivity contribution is 0.0953. The lowest BCUT2D eigenvalue weighted by atomic mass is 10.2.